The number of nitro benzene ring substituents is 1. The Bertz CT molecular complexity index is 1300. The monoisotopic (exact) mass is 517 g/mol. The van der Waals surface area contributed by atoms with E-state index in [0.29, 0.717) is 34.5 Å². The molecule has 4 aliphatic carbocycles. The van der Waals surface area contributed by atoms with Gasteiger partial charge < -0.3 is 5.32 Å². The van der Waals surface area contributed by atoms with Crippen LogP contribution in [-0.4, -0.2) is 25.6 Å². The Kier molecular flexibility index (Phi) is 6.26. The van der Waals surface area contributed by atoms with Crippen LogP contribution in [0.1, 0.15) is 55.5 Å². The van der Waals surface area contributed by atoms with Crippen LogP contribution in [0, 0.1) is 40.2 Å². The molecule has 2 aromatic carbocycles. The van der Waals surface area contributed by atoms with E-state index in [1.54, 1.807) is 23.9 Å². The van der Waals surface area contributed by atoms with E-state index in [2.05, 4.69) is 40.6 Å². The standard InChI is InChI=1S/C28H31N5O3S/c1-18-3-2-4-19(9-18)17-37-27-31-30-25(32(27)23-5-7-24(8-6-23)33(35)36)16-29-26(34)28-13-20-10-21(14-28)12-22(11-20)15-28/h2-9,20-22H,10-17H2,1H3,(H,29,34). The molecule has 0 unspecified atom stereocenters. The first-order valence-corrected chi connectivity index (χ1v) is 14.0. The van der Waals surface area contributed by atoms with Crippen molar-refractivity contribution >= 4 is 23.4 Å². The number of nitrogens with one attached hydrogen (secondary N) is 1. The van der Waals surface area contributed by atoms with Crippen molar-refractivity contribution in [1.82, 2.24) is 20.1 Å². The van der Waals surface area contributed by atoms with Gasteiger partial charge in [0.05, 0.1) is 11.5 Å². The average molecular weight is 518 g/mol. The van der Waals surface area contributed by atoms with Gasteiger partial charge in [-0.2, -0.15) is 0 Å². The van der Waals surface area contributed by atoms with E-state index in [9.17, 15) is 14.9 Å². The van der Waals surface area contributed by atoms with E-state index >= 15 is 0 Å². The van der Waals surface area contributed by atoms with Crippen LogP contribution in [0.3, 0.4) is 0 Å². The van der Waals surface area contributed by atoms with Gasteiger partial charge in [-0.15, -0.1) is 10.2 Å². The molecule has 8 nitrogen and oxygen atoms in total. The predicted octanol–water partition coefficient (Wildman–Crippen LogP) is 5.61. The Hall–Kier alpha value is -3.20. The first-order chi connectivity index (χ1) is 17.9. The highest BCUT2D eigenvalue weighted by atomic mass is 32.2. The summed E-state index contributed by atoms with van der Waals surface area (Å²) < 4.78 is 1.91. The minimum atomic E-state index is -0.407. The first-order valence-electron chi connectivity index (χ1n) is 13.0. The average Bonchev–Trinajstić information content (AvgIpc) is 3.28. The van der Waals surface area contributed by atoms with E-state index in [-0.39, 0.29) is 23.6 Å². The summed E-state index contributed by atoms with van der Waals surface area (Å²) in [5.74, 6) is 3.59. The highest BCUT2D eigenvalue weighted by Crippen LogP contribution is 2.60. The van der Waals surface area contributed by atoms with Gasteiger partial charge in [0.25, 0.3) is 5.69 Å². The van der Waals surface area contributed by atoms with Crippen LogP contribution in [0.5, 0.6) is 0 Å². The molecule has 4 fully saturated rings. The van der Waals surface area contributed by atoms with Crippen LogP contribution in [0.15, 0.2) is 53.7 Å². The van der Waals surface area contributed by atoms with Crippen LogP contribution in [0.4, 0.5) is 5.69 Å². The number of nitrogens with zero attached hydrogens (tertiary/aromatic N) is 4. The summed E-state index contributed by atoms with van der Waals surface area (Å²) in [6, 6.07) is 14.7. The van der Waals surface area contributed by atoms with Gasteiger partial charge in [-0.1, -0.05) is 41.6 Å². The zero-order chi connectivity index (χ0) is 25.6. The summed E-state index contributed by atoms with van der Waals surface area (Å²) in [6.07, 6.45) is 6.92. The second-order valence-corrected chi connectivity index (χ2v) is 12.1. The number of non-ortho nitro benzene ring substituents is 1. The Morgan fingerprint density at radius 3 is 2.38 bits per heavy atom. The largest absolute Gasteiger partial charge is 0.348 e. The SMILES string of the molecule is Cc1cccc(CSc2nnc(CNC(=O)C34CC5CC(CC(C5)C3)C4)n2-c2ccc([N+](=O)[O-])cc2)c1. The lowest BCUT2D eigenvalue weighted by molar-refractivity contribution is -0.384. The maximum Gasteiger partial charge on any atom is 0.269 e. The molecule has 9 heteroatoms. The van der Waals surface area contributed by atoms with Gasteiger partial charge >= 0.3 is 0 Å². The lowest BCUT2D eigenvalue weighted by Crippen LogP contribution is -2.53. The number of amides is 1. The molecular weight excluding hydrogens is 486 g/mol. The molecule has 3 aromatic rings. The maximum atomic E-state index is 13.5. The second-order valence-electron chi connectivity index (χ2n) is 11.2. The Balaban J connectivity index is 1.24. The van der Waals surface area contributed by atoms with Crippen LogP contribution in [0.25, 0.3) is 5.69 Å². The minimum Gasteiger partial charge on any atom is -0.348 e. The maximum absolute atomic E-state index is 13.5. The highest BCUT2D eigenvalue weighted by Gasteiger charge is 2.54. The molecule has 1 N–H and O–H groups in total. The molecule has 4 bridgehead atoms. The van der Waals surface area contributed by atoms with Gasteiger partial charge in [0.1, 0.15) is 0 Å². The fourth-order valence-corrected chi connectivity index (χ4v) is 8.09. The number of hydrogen-bond acceptors (Lipinski definition) is 6. The van der Waals surface area contributed by atoms with E-state index < -0.39 is 4.92 Å². The van der Waals surface area contributed by atoms with Crippen LogP contribution in [0.2, 0.25) is 0 Å². The molecule has 7 rings (SSSR count). The first kappa shape index (κ1) is 24.2. The van der Waals surface area contributed by atoms with Crippen molar-refractivity contribution in [3.63, 3.8) is 0 Å². The third-order valence-corrected chi connectivity index (χ3v) is 9.40. The van der Waals surface area contributed by atoms with E-state index in [4.69, 9.17) is 0 Å². The second kappa shape index (κ2) is 9.59. The van der Waals surface area contributed by atoms with Crippen molar-refractivity contribution in [3.05, 3.63) is 75.6 Å². The topological polar surface area (TPSA) is 103 Å². The summed E-state index contributed by atoms with van der Waals surface area (Å²) in [7, 11) is 0. The Morgan fingerprint density at radius 1 is 1.08 bits per heavy atom. The van der Waals surface area contributed by atoms with E-state index in [0.717, 1.165) is 24.9 Å². The quantitative estimate of drug-likeness (QED) is 0.237. The Labute approximate surface area is 220 Å². The fraction of sp³-hybridized carbons (Fsp3) is 0.464. The van der Waals surface area contributed by atoms with Gasteiger partial charge in [0.15, 0.2) is 11.0 Å². The van der Waals surface area contributed by atoms with Crippen molar-refractivity contribution < 1.29 is 9.72 Å². The van der Waals surface area contributed by atoms with Crippen LogP contribution < -0.4 is 5.32 Å². The number of thioether (sulfide) groups is 1. The zero-order valence-corrected chi connectivity index (χ0v) is 21.7. The molecular formula is C28H31N5O3S. The molecule has 0 radical (unpaired) electrons. The fourth-order valence-electron chi connectivity index (χ4n) is 7.18. The predicted molar refractivity (Wildman–Crippen MR) is 141 cm³/mol. The zero-order valence-electron chi connectivity index (χ0n) is 20.9. The molecule has 1 aromatic heterocycles. The third-order valence-electron chi connectivity index (χ3n) is 8.40. The van der Waals surface area contributed by atoms with Crippen molar-refractivity contribution in [2.75, 3.05) is 0 Å². The third kappa shape index (κ3) is 4.77. The number of aryl methyl sites for hydroxylation is 1. The normalized spacial score (nSPS) is 25.8. The number of rotatable bonds is 8. The minimum absolute atomic E-state index is 0.0301. The lowest BCUT2D eigenvalue weighted by atomic mass is 9.49. The summed E-state index contributed by atoms with van der Waals surface area (Å²) in [6.45, 7) is 2.34. The van der Waals surface area contributed by atoms with Gasteiger partial charge in [-0.05, 0) is 80.9 Å². The number of hydrogen-bond donors (Lipinski definition) is 1. The number of nitro groups is 1. The van der Waals surface area contributed by atoms with Crippen molar-refractivity contribution in [2.24, 2.45) is 23.2 Å². The lowest BCUT2D eigenvalue weighted by Gasteiger charge is -2.55. The molecule has 4 saturated carbocycles. The summed E-state index contributed by atoms with van der Waals surface area (Å²) >= 11 is 1.56. The van der Waals surface area contributed by atoms with Crippen LogP contribution in [-0.2, 0) is 17.1 Å². The summed E-state index contributed by atoms with van der Waals surface area (Å²) in [5, 5.41) is 24.0. The van der Waals surface area contributed by atoms with E-state index in [1.807, 2.05) is 10.6 Å². The Morgan fingerprint density at radius 2 is 1.76 bits per heavy atom. The van der Waals surface area contributed by atoms with Gasteiger partial charge in [-0.25, -0.2) is 0 Å². The van der Waals surface area contributed by atoms with Crippen molar-refractivity contribution in [2.45, 2.75) is 62.9 Å². The number of carbonyl (C=O) groups excluding carboxylic acids is 1. The molecule has 0 aliphatic heterocycles. The summed E-state index contributed by atoms with van der Waals surface area (Å²) in [4.78, 5) is 24.3. The molecule has 1 heterocycles. The molecule has 192 valence electrons. The number of benzene rings is 2. The molecule has 0 saturated heterocycles. The molecule has 4 aliphatic rings. The van der Waals surface area contributed by atoms with Gasteiger partial charge in [-0.3, -0.25) is 19.5 Å². The smallest absolute Gasteiger partial charge is 0.269 e. The number of carbonyl (C=O) groups is 1. The molecule has 37 heavy (non-hydrogen) atoms. The van der Waals surface area contributed by atoms with Crippen LogP contribution >= 0.6 is 11.8 Å². The molecule has 0 spiro atoms. The van der Waals surface area contributed by atoms with Gasteiger partial charge in [0, 0.05) is 29.0 Å². The molecule has 0 atom stereocenters. The van der Waals surface area contributed by atoms with Crippen molar-refractivity contribution in [3.8, 4) is 5.69 Å². The summed E-state index contributed by atoms with van der Waals surface area (Å²) in [5.41, 5.74) is 2.92. The molecule has 1 amide bonds. The van der Waals surface area contributed by atoms with E-state index in [1.165, 1.54) is 42.5 Å². The highest BCUT2D eigenvalue weighted by molar-refractivity contribution is 7.98. The van der Waals surface area contributed by atoms with Crippen molar-refractivity contribution in [1.29, 1.82) is 0 Å². The van der Waals surface area contributed by atoms with Gasteiger partial charge in [0.2, 0.25) is 5.91 Å². The number of aromatic nitrogens is 3.